The first-order valence-corrected chi connectivity index (χ1v) is 7.25. The molecule has 0 aromatic carbocycles. The molecule has 4 aliphatic rings. The quantitative estimate of drug-likeness (QED) is 0.692. The van der Waals surface area contributed by atoms with Crippen LogP contribution in [0.25, 0.3) is 0 Å². The van der Waals surface area contributed by atoms with Crippen LogP contribution in [0.15, 0.2) is 0 Å². The molecule has 2 N–H and O–H groups in total. The van der Waals surface area contributed by atoms with E-state index in [1.165, 1.54) is 0 Å². The highest BCUT2D eigenvalue weighted by molar-refractivity contribution is 5.83. The zero-order chi connectivity index (χ0) is 13.8. The molecule has 1 saturated heterocycles. The summed E-state index contributed by atoms with van der Waals surface area (Å²) in [7, 11) is 0. The Morgan fingerprint density at radius 3 is 2.47 bits per heavy atom. The maximum atomic E-state index is 12.0. The SMILES string of the molecule is CC1(C)C[C@H]2[C@]13OC(O)[C@@]21CC(=O)C[C@@]1(C)C[C@@H]3O. The van der Waals surface area contributed by atoms with Crippen LogP contribution in [0, 0.1) is 22.2 Å². The molecule has 0 aromatic rings. The first kappa shape index (κ1) is 12.3. The highest BCUT2D eigenvalue weighted by Crippen LogP contribution is 2.80. The van der Waals surface area contributed by atoms with E-state index in [9.17, 15) is 15.0 Å². The number of ether oxygens (including phenoxy) is 1. The van der Waals surface area contributed by atoms with Crippen LogP contribution in [0.5, 0.6) is 0 Å². The maximum Gasteiger partial charge on any atom is 0.162 e. The lowest BCUT2D eigenvalue weighted by atomic mass is 9.37. The van der Waals surface area contributed by atoms with Crippen molar-refractivity contribution in [2.45, 2.75) is 64.4 Å². The fourth-order valence-corrected chi connectivity index (χ4v) is 6.16. The Balaban J connectivity index is 1.92. The first-order valence-electron chi connectivity index (χ1n) is 7.25. The second-order valence-corrected chi connectivity index (χ2v) is 8.12. The number of Topliss-reactive ketones (excluding diaryl/α,β-unsaturated/α-hetero) is 1. The summed E-state index contributed by atoms with van der Waals surface area (Å²) in [6.07, 6.45) is 0.882. The van der Waals surface area contributed by atoms with Crippen molar-refractivity contribution in [3.05, 3.63) is 0 Å². The molecular weight excluding hydrogens is 244 g/mol. The van der Waals surface area contributed by atoms with Gasteiger partial charge in [0.1, 0.15) is 11.4 Å². The molecule has 0 radical (unpaired) electrons. The number of rotatable bonds is 0. The Labute approximate surface area is 113 Å². The van der Waals surface area contributed by atoms with Gasteiger partial charge in [0, 0.05) is 24.2 Å². The molecule has 0 aromatic heterocycles. The Morgan fingerprint density at radius 1 is 1.16 bits per heavy atom. The molecule has 3 saturated carbocycles. The normalized spacial score (nSPS) is 61.5. The minimum atomic E-state index is -0.909. The van der Waals surface area contributed by atoms with Crippen LogP contribution in [0.2, 0.25) is 0 Å². The third-order valence-corrected chi connectivity index (χ3v) is 7.00. The molecule has 4 fully saturated rings. The average molecular weight is 266 g/mol. The van der Waals surface area contributed by atoms with Gasteiger partial charge in [-0.15, -0.1) is 0 Å². The lowest BCUT2D eigenvalue weighted by molar-refractivity contribution is -0.281. The summed E-state index contributed by atoms with van der Waals surface area (Å²) in [6.45, 7) is 6.24. The van der Waals surface area contributed by atoms with E-state index < -0.39 is 23.4 Å². The van der Waals surface area contributed by atoms with Crippen LogP contribution < -0.4 is 0 Å². The second-order valence-electron chi connectivity index (χ2n) is 8.12. The van der Waals surface area contributed by atoms with E-state index in [4.69, 9.17) is 4.74 Å². The van der Waals surface area contributed by atoms with Gasteiger partial charge in [-0.2, -0.15) is 0 Å². The van der Waals surface area contributed by atoms with Crippen LogP contribution in [0.4, 0.5) is 0 Å². The van der Waals surface area contributed by atoms with Crippen molar-refractivity contribution in [1.82, 2.24) is 0 Å². The second kappa shape index (κ2) is 2.92. The van der Waals surface area contributed by atoms with Gasteiger partial charge in [0.25, 0.3) is 0 Å². The molecule has 1 unspecified atom stereocenters. The number of carbonyl (C=O) groups is 1. The van der Waals surface area contributed by atoms with Gasteiger partial charge < -0.3 is 14.9 Å². The van der Waals surface area contributed by atoms with Gasteiger partial charge in [0.2, 0.25) is 0 Å². The topological polar surface area (TPSA) is 66.8 Å². The number of ketones is 1. The van der Waals surface area contributed by atoms with Gasteiger partial charge in [-0.05, 0) is 23.7 Å². The summed E-state index contributed by atoms with van der Waals surface area (Å²) in [5, 5.41) is 21.3. The zero-order valence-electron chi connectivity index (χ0n) is 11.8. The van der Waals surface area contributed by atoms with E-state index in [1.807, 2.05) is 6.92 Å². The van der Waals surface area contributed by atoms with Crippen LogP contribution in [-0.4, -0.2) is 34.0 Å². The average Bonchev–Trinajstić information content (AvgIpc) is 2.61. The van der Waals surface area contributed by atoms with E-state index in [-0.39, 0.29) is 22.5 Å². The maximum absolute atomic E-state index is 12.0. The Morgan fingerprint density at radius 2 is 1.84 bits per heavy atom. The fourth-order valence-electron chi connectivity index (χ4n) is 6.16. The molecule has 1 spiro atoms. The molecule has 4 heteroatoms. The third-order valence-electron chi connectivity index (χ3n) is 7.00. The fraction of sp³-hybridized carbons (Fsp3) is 0.933. The van der Waals surface area contributed by atoms with Crippen LogP contribution in [0.1, 0.15) is 46.5 Å². The van der Waals surface area contributed by atoms with Gasteiger partial charge in [-0.1, -0.05) is 20.8 Å². The summed E-state index contributed by atoms with van der Waals surface area (Å²) in [4.78, 5) is 12.0. The van der Waals surface area contributed by atoms with Gasteiger partial charge in [-0.25, -0.2) is 0 Å². The predicted octanol–water partition coefficient (Wildman–Crippen LogP) is 1.24. The number of hydrogen-bond acceptors (Lipinski definition) is 4. The molecule has 2 bridgehead atoms. The zero-order valence-corrected chi connectivity index (χ0v) is 11.8. The van der Waals surface area contributed by atoms with Gasteiger partial charge in [-0.3, -0.25) is 4.79 Å². The summed E-state index contributed by atoms with van der Waals surface area (Å²) < 4.78 is 5.97. The first-order chi connectivity index (χ1) is 8.70. The van der Waals surface area contributed by atoms with Gasteiger partial charge in [0.15, 0.2) is 6.29 Å². The van der Waals surface area contributed by atoms with E-state index in [2.05, 4.69) is 13.8 Å². The van der Waals surface area contributed by atoms with Gasteiger partial charge >= 0.3 is 0 Å². The van der Waals surface area contributed by atoms with Crippen molar-refractivity contribution in [2.75, 3.05) is 0 Å². The van der Waals surface area contributed by atoms with E-state index in [0.29, 0.717) is 19.3 Å². The number of aliphatic hydroxyl groups is 2. The molecule has 19 heavy (non-hydrogen) atoms. The number of aliphatic hydroxyl groups excluding tert-OH is 2. The van der Waals surface area contributed by atoms with Crippen LogP contribution >= 0.6 is 0 Å². The summed E-state index contributed by atoms with van der Waals surface area (Å²) >= 11 is 0. The van der Waals surface area contributed by atoms with E-state index in [1.54, 1.807) is 0 Å². The van der Waals surface area contributed by atoms with E-state index >= 15 is 0 Å². The molecule has 6 atom stereocenters. The minimum absolute atomic E-state index is 0.116. The van der Waals surface area contributed by atoms with Crippen molar-refractivity contribution in [3.8, 4) is 0 Å². The lowest BCUT2D eigenvalue weighted by Crippen LogP contribution is -2.73. The molecular formula is C15H22O4. The predicted molar refractivity (Wildman–Crippen MR) is 67.1 cm³/mol. The summed E-state index contributed by atoms with van der Waals surface area (Å²) in [5.41, 5.74) is -1.55. The summed E-state index contributed by atoms with van der Waals surface area (Å²) in [6, 6.07) is 0. The monoisotopic (exact) mass is 266 g/mol. The highest BCUT2D eigenvalue weighted by atomic mass is 16.6. The van der Waals surface area contributed by atoms with Crippen molar-refractivity contribution < 1.29 is 19.7 Å². The van der Waals surface area contributed by atoms with Crippen LogP contribution in [0.3, 0.4) is 0 Å². The van der Waals surface area contributed by atoms with Crippen molar-refractivity contribution >= 4 is 5.78 Å². The Hall–Kier alpha value is -0.450. The molecule has 4 rings (SSSR count). The molecule has 3 aliphatic carbocycles. The van der Waals surface area contributed by atoms with E-state index in [0.717, 1.165) is 6.42 Å². The van der Waals surface area contributed by atoms with Crippen molar-refractivity contribution in [3.63, 3.8) is 0 Å². The van der Waals surface area contributed by atoms with Crippen molar-refractivity contribution in [1.29, 1.82) is 0 Å². The number of hydrogen-bond donors (Lipinski definition) is 2. The Bertz CT molecular complexity index is 487. The molecule has 1 aliphatic heterocycles. The highest BCUT2D eigenvalue weighted by Gasteiger charge is 2.85. The molecule has 0 amide bonds. The number of carbonyl (C=O) groups excluding carboxylic acids is 1. The van der Waals surface area contributed by atoms with Crippen LogP contribution in [-0.2, 0) is 9.53 Å². The van der Waals surface area contributed by atoms with Crippen molar-refractivity contribution in [2.24, 2.45) is 22.2 Å². The standard InChI is InChI=1S/C15H22O4/c1-12(2)6-9-14-5-8(16)4-13(14,3)7-10(17)15(9,12)19-11(14)18/h9-11,17-18H,4-7H2,1-3H3/t9-,10+,11?,13+,14-,15-/m1/s1. The molecule has 4 nitrogen and oxygen atoms in total. The molecule has 106 valence electrons. The third kappa shape index (κ3) is 0.958. The molecule has 1 heterocycles. The summed E-state index contributed by atoms with van der Waals surface area (Å²) in [5.74, 6) is 0.324. The smallest absolute Gasteiger partial charge is 0.162 e. The Kier molecular flexibility index (Phi) is 1.89. The minimum Gasteiger partial charge on any atom is -0.390 e. The lowest BCUT2D eigenvalue weighted by Gasteiger charge is -2.67. The van der Waals surface area contributed by atoms with Gasteiger partial charge in [0.05, 0.1) is 6.10 Å². The largest absolute Gasteiger partial charge is 0.390 e.